The van der Waals surface area contributed by atoms with E-state index in [2.05, 4.69) is 16.9 Å². The van der Waals surface area contributed by atoms with Crippen molar-refractivity contribution in [1.82, 2.24) is 14.8 Å². The van der Waals surface area contributed by atoms with Gasteiger partial charge < -0.3 is 14.7 Å². The van der Waals surface area contributed by atoms with Crippen molar-refractivity contribution >= 4 is 23.2 Å². The van der Waals surface area contributed by atoms with E-state index in [4.69, 9.17) is 14.6 Å². The van der Waals surface area contributed by atoms with Crippen LogP contribution in [0.25, 0.3) is 0 Å². The van der Waals surface area contributed by atoms with Crippen LogP contribution >= 0.6 is 11.3 Å². The molecule has 31 heavy (non-hydrogen) atoms. The summed E-state index contributed by atoms with van der Waals surface area (Å²) in [6, 6.07) is 0.546. The number of rotatable bonds is 5. The number of hydrogen-bond acceptors (Lipinski definition) is 6. The lowest BCUT2D eigenvalue weighted by molar-refractivity contribution is -0.192. The van der Waals surface area contributed by atoms with Gasteiger partial charge in [-0.2, -0.15) is 13.2 Å². The number of piperidine rings is 1. The minimum atomic E-state index is -5.08. The van der Waals surface area contributed by atoms with Crippen LogP contribution in [0.2, 0.25) is 0 Å². The highest BCUT2D eigenvalue weighted by Crippen LogP contribution is 2.41. The van der Waals surface area contributed by atoms with Gasteiger partial charge in [0.2, 0.25) is 0 Å². The van der Waals surface area contributed by atoms with Crippen LogP contribution in [0, 0.1) is 5.92 Å². The average molecular weight is 464 g/mol. The summed E-state index contributed by atoms with van der Waals surface area (Å²) >= 11 is 1.48. The minimum Gasteiger partial charge on any atom is -0.475 e. The topological polar surface area (TPSA) is 83.0 Å². The molecule has 1 aromatic heterocycles. The Morgan fingerprint density at radius 1 is 1.23 bits per heavy atom. The Morgan fingerprint density at radius 2 is 1.87 bits per heavy atom. The number of halogens is 3. The lowest BCUT2D eigenvalue weighted by Gasteiger charge is -2.45. The Labute approximate surface area is 183 Å². The third-order valence-corrected chi connectivity index (χ3v) is 7.06. The van der Waals surface area contributed by atoms with E-state index in [0.717, 1.165) is 45.1 Å². The second kappa shape index (κ2) is 9.83. The summed E-state index contributed by atoms with van der Waals surface area (Å²) < 4.78 is 37.7. The van der Waals surface area contributed by atoms with Gasteiger partial charge in [0.1, 0.15) is 5.69 Å². The molecule has 0 radical (unpaired) electrons. The fraction of sp³-hybridized carbons (Fsp3) is 0.750. The maximum Gasteiger partial charge on any atom is 0.490 e. The number of carbonyl (C=O) groups excluding carboxylic acids is 1. The average Bonchev–Trinajstić information content (AvgIpc) is 3.29. The molecule has 11 heteroatoms. The van der Waals surface area contributed by atoms with E-state index < -0.39 is 12.1 Å². The molecular formula is C20H28F3N3O4S. The molecule has 7 nitrogen and oxygen atoms in total. The summed E-state index contributed by atoms with van der Waals surface area (Å²) in [5, 5.41) is 8.97. The first kappa shape index (κ1) is 23.9. The second-order valence-corrected chi connectivity index (χ2v) is 9.20. The highest BCUT2D eigenvalue weighted by atomic mass is 32.1. The van der Waals surface area contributed by atoms with E-state index in [1.165, 1.54) is 37.0 Å². The van der Waals surface area contributed by atoms with Crippen LogP contribution in [0.4, 0.5) is 13.2 Å². The Morgan fingerprint density at radius 3 is 2.39 bits per heavy atom. The molecule has 1 spiro atoms. The van der Waals surface area contributed by atoms with Gasteiger partial charge in [0.25, 0.3) is 5.91 Å². The molecule has 2 aliphatic heterocycles. The molecule has 4 rings (SSSR count). The Bertz CT molecular complexity index is 747. The molecular weight excluding hydrogens is 435 g/mol. The van der Waals surface area contributed by atoms with Crippen molar-refractivity contribution in [3.05, 3.63) is 16.6 Å². The molecule has 1 aliphatic carbocycles. The number of aromatic nitrogens is 1. The zero-order valence-corrected chi connectivity index (χ0v) is 18.3. The zero-order chi connectivity index (χ0) is 22.6. The number of thiazole rings is 1. The maximum atomic E-state index is 12.5. The molecule has 1 atom stereocenters. The standard InChI is InChI=1S/C18H27N3O2S.C2HF3O2/c1-20-15(11-23-10-14-2-3-14)4-5-18(20)6-8-21(9-7-18)17(22)16-12-24-13-19-16;3-2(4,5)1(6)7/h12-15H,2-11H2,1H3;(H,6,7). The molecule has 2 saturated heterocycles. The minimum absolute atomic E-state index is 0.0936. The van der Waals surface area contributed by atoms with E-state index in [1.54, 1.807) is 5.51 Å². The van der Waals surface area contributed by atoms with Crippen LogP contribution in [0.1, 0.15) is 49.0 Å². The van der Waals surface area contributed by atoms with Gasteiger partial charge in [0.15, 0.2) is 0 Å². The summed E-state index contributed by atoms with van der Waals surface area (Å²) in [6.45, 7) is 3.51. The number of hydrogen-bond donors (Lipinski definition) is 1. The van der Waals surface area contributed by atoms with Crippen molar-refractivity contribution in [2.24, 2.45) is 5.92 Å². The highest BCUT2D eigenvalue weighted by molar-refractivity contribution is 7.07. The first-order valence-corrected chi connectivity index (χ1v) is 11.3. The number of aliphatic carboxylic acids is 1. The number of likely N-dealkylation sites (N-methyl/N-ethyl adjacent to an activating group) is 1. The van der Waals surface area contributed by atoms with E-state index in [-0.39, 0.29) is 11.4 Å². The normalized spacial score (nSPS) is 23.5. The Balaban J connectivity index is 0.000000339. The maximum absolute atomic E-state index is 12.5. The highest BCUT2D eigenvalue weighted by Gasteiger charge is 2.46. The number of carboxylic acids is 1. The number of carbonyl (C=O) groups is 2. The molecule has 3 fully saturated rings. The van der Waals surface area contributed by atoms with E-state index >= 15 is 0 Å². The molecule has 1 amide bonds. The fourth-order valence-electron chi connectivity index (χ4n) is 4.25. The Hall–Kier alpha value is -1.72. The molecule has 1 saturated carbocycles. The van der Waals surface area contributed by atoms with Gasteiger partial charge in [0.05, 0.1) is 12.1 Å². The monoisotopic (exact) mass is 463 g/mol. The molecule has 1 unspecified atom stereocenters. The number of nitrogens with zero attached hydrogens (tertiary/aromatic N) is 3. The first-order valence-electron chi connectivity index (χ1n) is 10.4. The predicted molar refractivity (Wildman–Crippen MR) is 108 cm³/mol. The van der Waals surface area contributed by atoms with Gasteiger partial charge in [-0.1, -0.05) is 0 Å². The number of amides is 1. The van der Waals surface area contributed by atoms with E-state index in [1.807, 2.05) is 10.3 Å². The zero-order valence-electron chi connectivity index (χ0n) is 17.4. The summed E-state index contributed by atoms with van der Waals surface area (Å²) in [7, 11) is 2.26. The third kappa shape index (κ3) is 6.17. The molecule has 1 aromatic rings. The summed E-state index contributed by atoms with van der Waals surface area (Å²) in [5.41, 5.74) is 2.60. The summed E-state index contributed by atoms with van der Waals surface area (Å²) in [4.78, 5) is 30.1. The van der Waals surface area contributed by atoms with E-state index in [0.29, 0.717) is 11.7 Å². The molecule has 1 N–H and O–H groups in total. The van der Waals surface area contributed by atoms with E-state index in [9.17, 15) is 18.0 Å². The molecule has 0 aromatic carbocycles. The largest absolute Gasteiger partial charge is 0.490 e. The van der Waals surface area contributed by atoms with Crippen LogP contribution in [0.5, 0.6) is 0 Å². The van der Waals surface area contributed by atoms with Gasteiger partial charge >= 0.3 is 12.1 Å². The lowest BCUT2D eigenvalue weighted by Crippen LogP contribution is -2.54. The van der Waals surface area contributed by atoms with Gasteiger partial charge in [-0.3, -0.25) is 9.69 Å². The van der Waals surface area contributed by atoms with Gasteiger partial charge in [-0.15, -0.1) is 11.3 Å². The molecule has 3 heterocycles. The van der Waals surface area contributed by atoms with Crippen molar-refractivity contribution in [3.63, 3.8) is 0 Å². The van der Waals surface area contributed by atoms with Gasteiger partial charge in [0, 0.05) is 36.7 Å². The van der Waals surface area contributed by atoms with Gasteiger partial charge in [-0.25, -0.2) is 9.78 Å². The predicted octanol–water partition coefficient (Wildman–Crippen LogP) is 3.27. The van der Waals surface area contributed by atoms with Crippen LogP contribution in [0.3, 0.4) is 0 Å². The van der Waals surface area contributed by atoms with Crippen LogP contribution < -0.4 is 0 Å². The van der Waals surface area contributed by atoms with Crippen LogP contribution in [0.15, 0.2) is 10.9 Å². The van der Waals surface area contributed by atoms with Crippen molar-refractivity contribution in [1.29, 1.82) is 0 Å². The number of alkyl halides is 3. The van der Waals surface area contributed by atoms with Crippen molar-refractivity contribution < 1.29 is 32.6 Å². The van der Waals surface area contributed by atoms with Crippen molar-refractivity contribution in [2.45, 2.75) is 56.3 Å². The lowest BCUT2D eigenvalue weighted by atomic mass is 9.85. The third-order valence-electron chi connectivity index (χ3n) is 6.47. The number of ether oxygens (including phenoxy) is 1. The quantitative estimate of drug-likeness (QED) is 0.722. The number of carboxylic acid groups (broad SMARTS) is 1. The molecule has 0 bridgehead atoms. The Kier molecular flexibility index (Phi) is 7.59. The molecule has 3 aliphatic rings. The van der Waals surface area contributed by atoms with Crippen LogP contribution in [-0.2, 0) is 9.53 Å². The summed E-state index contributed by atoms with van der Waals surface area (Å²) in [5.74, 6) is -1.82. The smallest absolute Gasteiger partial charge is 0.475 e. The van der Waals surface area contributed by atoms with Crippen molar-refractivity contribution in [2.75, 3.05) is 33.4 Å². The fourth-order valence-corrected chi connectivity index (χ4v) is 4.78. The number of likely N-dealkylation sites (tertiary alicyclic amines) is 2. The second-order valence-electron chi connectivity index (χ2n) is 8.48. The summed E-state index contributed by atoms with van der Waals surface area (Å²) in [6.07, 6.45) is 2.22. The SMILES string of the molecule is CN1C(COCC2CC2)CCC12CCN(C(=O)c1cscn1)CC2.O=C(O)C(F)(F)F. The van der Waals surface area contributed by atoms with Gasteiger partial charge in [-0.05, 0) is 51.5 Å². The van der Waals surface area contributed by atoms with Crippen LogP contribution in [-0.4, -0.2) is 82.9 Å². The first-order chi connectivity index (χ1) is 14.6. The van der Waals surface area contributed by atoms with Crippen molar-refractivity contribution in [3.8, 4) is 0 Å². The molecule has 174 valence electrons.